The van der Waals surface area contributed by atoms with Crippen molar-refractivity contribution >= 4 is 27.3 Å². The number of nitrogens with one attached hydrogen (secondary N) is 1. The second-order valence-corrected chi connectivity index (χ2v) is 9.67. The molecule has 0 aromatic heterocycles. The Hall–Kier alpha value is -2.38. The van der Waals surface area contributed by atoms with Crippen LogP contribution in [0.4, 0.5) is 11.4 Å². The Morgan fingerprint density at radius 1 is 1.03 bits per heavy atom. The van der Waals surface area contributed by atoms with Crippen LogP contribution in [0.15, 0.2) is 41.3 Å². The molecule has 1 aliphatic rings. The number of benzene rings is 2. The van der Waals surface area contributed by atoms with Gasteiger partial charge in [0.15, 0.2) is 0 Å². The van der Waals surface area contributed by atoms with E-state index in [0.717, 1.165) is 42.7 Å². The Kier molecular flexibility index (Phi) is 6.83. The van der Waals surface area contributed by atoms with E-state index in [-0.39, 0.29) is 10.8 Å². The maximum Gasteiger partial charge on any atom is 0.255 e. The zero-order valence-corrected chi connectivity index (χ0v) is 19.1. The van der Waals surface area contributed by atoms with Crippen molar-refractivity contribution in [3.8, 4) is 0 Å². The summed E-state index contributed by atoms with van der Waals surface area (Å²) < 4.78 is 27.5. The van der Waals surface area contributed by atoms with E-state index < -0.39 is 10.0 Å². The van der Waals surface area contributed by atoms with Crippen LogP contribution in [0.5, 0.6) is 0 Å². The molecule has 1 fully saturated rings. The van der Waals surface area contributed by atoms with Gasteiger partial charge in [-0.1, -0.05) is 31.5 Å². The number of carbonyl (C=O) groups is 1. The van der Waals surface area contributed by atoms with E-state index >= 15 is 0 Å². The summed E-state index contributed by atoms with van der Waals surface area (Å²) in [6.07, 6.45) is 2.17. The number of aryl methyl sites for hydroxylation is 2. The van der Waals surface area contributed by atoms with Crippen LogP contribution in [0, 0.1) is 13.8 Å². The lowest BCUT2D eigenvalue weighted by atomic mass is 10.0. The molecule has 1 saturated heterocycles. The van der Waals surface area contributed by atoms with E-state index in [2.05, 4.69) is 10.2 Å². The van der Waals surface area contributed by atoms with Gasteiger partial charge in [0.05, 0.1) is 16.3 Å². The molecule has 1 aliphatic heterocycles. The molecule has 1 N–H and O–H groups in total. The van der Waals surface area contributed by atoms with Gasteiger partial charge in [-0.25, -0.2) is 8.42 Å². The normalized spacial score (nSPS) is 14.4. The van der Waals surface area contributed by atoms with E-state index in [1.807, 2.05) is 52.0 Å². The van der Waals surface area contributed by atoms with Crippen molar-refractivity contribution in [1.82, 2.24) is 4.31 Å². The Balaban J connectivity index is 2.03. The molecule has 1 amide bonds. The fraction of sp³-hybridized carbons (Fsp3) is 0.435. The van der Waals surface area contributed by atoms with E-state index in [9.17, 15) is 13.2 Å². The molecule has 1 heterocycles. The summed E-state index contributed by atoms with van der Waals surface area (Å²) in [6.45, 7) is 10.1. The summed E-state index contributed by atoms with van der Waals surface area (Å²) in [7, 11) is -3.62. The summed E-state index contributed by atoms with van der Waals surface area (Å²) in [6, 6.07) is 10.8. The van der Waals surface area contributed by atoms with Gasteiger partial charge >= 0.3 is 0 Å². The number of anilines is 2. The van der Waals surface area contributed by atoms with Crippen molar-refractivity contribution in [3.05, 3.63) is 53.1 Å². The van der Waals surface area contributed by atoms with Crippen LogP contribution >= 0.6 is 0 Å². The van der Waals surface area contributed by atoms with Crippen molar-refractivity contribution in [2.45, 2.75) is 45.4 Å². The minimum atomic E-state index is -3.62. The molecule has 6 nitrogen and oxygen atoms in total. The lowest BCUT2D eigenvalue weighted by Gasteiger charge is -2.24. The maximum absolute atomic E-state index is 13.1. The maximum atomic E-state index is 13.1. The van der Waals surface area contributed by atoms with Crippen LogP contribution in [0.25, 0.3) is 0 Å². The minimum Gasteiger partial charge on any atom is -0.370 e. The monoisotopic (exact) mass is 429 g/mol. The molecule has 30 heavy (non-hydrogen) atoms. The summed E-state index contributed by atoms with van der Waals surface area (Å²) in [5, 5.41) is 3.00. The zero-order chi connectivity index (χ0) is 21.9. The third-order valence-corrected chi connectivity index (χ3v) is 7.69. The molecule has 0 saturated carbocycles. The van der Waals surface area contributed by atoms with Gasteiger partial charge in [0.2, 0.25) is 10.0 Å². The van der Waals surface area contributed by atoms with Gasteiger partial charge in [0.25, 0.3) is 5.91 Å². The van der Waals surface area contributed by atoms with Gasteiger partial charge in [-0.05, 0) is 56.5 Å². The van der Waals surface area contributed by atoms with Crippen LogP contribution < -0.4 is 10.2 Å². The van der Waals surface area contributed by atoms with Crippen LogP contribution in [0.3, 0.4) is 0 Å². The summed E-state index contributed by atoms with van der Waals surface area (Å²) >= 11 is 0. The average molecular weight is 430 g/mol. The first-order valence-electron chi connectivity index (χ1n) is 10.6. The van der Waals surface area contributed by atoms with Crippen molar-refractivity contribution in [1.29, 1.82) is 0 Å². The van der Waals surface area contributed by atoms with Gasteiger partial charge in [-0.2, -0.15) is 4.31 Å². The number of rotatable bonds is 7. The smallest absolute Gasteiger partial charge is 0.255 e. The fourth-order valence-corrected chi connectivity index (χ4v) is 5.38. The van der Waals surface area contributed by atoms with Gasteiger partial charge < -0.3 is 10.2 Å². The number of hydrogen-bond donors (Lipinski definition) is 1. The van der Waals surface area contributed by atoms with Crippen LogP contribution in [-0.2, 0) is 10.0 Å². The van der Waals surface area contributed by atoms with Gasteiger partial charge in [0, 0.05) is 31.7 Å². The van der Waals surface area contributed by atoms with Crippen LogP contribution in [-0.4, -0.2) is 44.8 Å². The van der Waals surface area contributed by atoms with Gasteiger partial charge in [-0.15, -0.1) is 0 Å². The van der Waals surface area contributed by atoms with Gasteiger partial charge in [-0.3, -0.25) is 4.79 Å². The molecule has 162 valence electrons. The lowest BCUT2D eigenvalue weighted by Crippen LogP contribution is -2.31. The molecule has 2 aromatic rings. The highest BCUT2D eigenvalue weighted by Crippen LogP contribution is 2.33. The van der Waals surface area contributed by atoms with Crippen LogP contribution in [0.1, 0.15) is 48.2 Å². The van der Waals surface area contributed by atoms with Crippen molar-refractivity contribution in [2.75, 3.05) is 36.4 Å². The second kappa shape index (κ2) is 9.18. The summed E-state index contributed by atoms with van der Waals surface area (Å²) in [5.41, 5.74) is 3.89. The SMILES string of the molecule is CCN(CC)S(=O)(=O)c1ccc(N2CCCC2)c(NC(=O)c2cc(C)ccc2C)c1. The first-order valence-corrected chi connectivity index (χ1v) is 12.0. The molecule has 7 heteroatoms. The molecule has 0 spiro atoms. The zero-order valence-electron chi connectivity index (χ0n) is 18.2. The highest BCUT2D eigenvalue weighted by atomic mass is 32.2. The standard InChI is InChI=1S/C23H31N3O3S/c1-5-26(6-2)30(28,29)19-11-12-22(25-13-7-8-14-25)21(16-19)24-23(27)20-15-17(3)9-10-18(20)4/h9-12,15-16H,5-8,13-14H2,1-4H3,(H,24,27). The van der Waals surface area contributed by atoms with Gasteiger partial charge in [0.1, 0.15) is 0 Å². The fourth-order valence-electron chi connectivity index (χ4n) is 3.89. The summed E-state index contributed by atoms with van der Waals surface area (Å²) in [4.78, 5) is 15.5. The molecular formula is C23H31N3O3S. The topological polar surface area (TPSA) is 69.7 Å². The highest BCUT2D eigenvalue weighted by molar-refractivity contribution is 7.89. The van der Waals surface area contributed by atoms with E-state index in [1.54, 1.807) is 12.1 Å². The quantitative estimate of drug-likeness (QED) is 0.717. The molecule has 0 atom stereocenters. The third-order valence-electron chi connectivity index (χ3n) is 5.64. The Labute approximate surface area is 179 Å². The Morgan fingerprint density at radius 2 is 1.70 bits per heavy atom. The second-order valence-electron chi connectivity index (χ2n) is 7.73. The number of carbonyl (C=O) groups excluding carboxylic acids is 1. The molecule has 3 rings (SSSR count). The lowest BCUT2D eigenvalue weighted by molar-refractivity contribution is 0.102. The van der Waals surface area contributed by atoms with Crippen molar-refractivity contribution in [3.63, 3.8) is 0 Å². The number of amides is 1. The molecule has 0 aliphatic carbocycles. The molecule has 0 bridgehead atoms. The average Bonchev–Trinajstić information content (AvgIpc) is 3.25. The van der Waals surface area contributed by atoms with E-state index in [4.69, 9.17) is 0 Å². The predicted molar refractivity (Wildman–Crippen MR) is 122 cm³/mol. The Bertz CT molecular complexity index is 1020. The van der Waals surface area contributed by atoms with Crippen LogP contribution in [0.2, 0.25) is 0 Å². The number of hydrogen-bond acceptors (Lipinski definition) is 4. The largest absolute Gasteiger partial charge is 0.370 e. The van der Waals surface area contributed by atoms with E-state index in [0.29, 0.717) is 24.3 Å². The first-order chi connectivity index (χ1) is 14.3. The highest BCUT2D eigenvalue weighted by Gasteiger charge is 2.25. The molecule has 0 radical (unpaired) electrons. The molecular weight excluding hydrogens is 398 g/mol. The number of nitrogens with zero attached hydrogens (tertiary/aromatic N) is 2. The molecule has 2 aromatic carbocycles. The number of sulfonamides is 1. The van der Waals surface area contributed by atoms with E-state index in [1.165, 1.54) is 4.31 Å². The first kappa shape index (κ1) is 22.3. The predicted octanol–water partition coefficient (Wildman–Crippen LogP) is 4.19. The minimum absolute atomic E-state index is 0.199. The molecule has 0 unspecified atom stereocenters. The van der Waals surface area contributed by atoms with Crippen molar-refractivity contribution in [2.24, 2.45) is 0 Å². The summed E-state index contributed by atoms with van der Waals surface area (Å²) in [5.74, 6) is -0.228. The Morgan fingerprint density at radius 3 is 2.33 bits per heavy atom. The third kappa shape index (κ3) is 4.52. The van der Waals surface area contributed by atoms with Crippen molar-refractivity contribution < 1.29 is 13.2 Å².